The highest BCUT2D eigenvalue weighted by atomic mass is 32.1. The molecule has 0 atom stereocenters. The summed E-state index contributed by atoms with van der Waals surface area (Å²) in [7, 11) is 0. The highest BCUT2D eigenvalue weighted by Crippen LogP contribution is 2.25. The van der Waals surface area contributed by atoms with Gasteiger partial charge in [-0.25, -0.2) is 4.98 Å². The van der Waals surface area contributed by atoms with Crippen molar-refractivity contribution in [1.29, 1.82) is 0 Å². The van der Waals surface area contributed by atoms with E-state index in [1.54, 1.807) is 6.07 Å². The zero-order valence-corrected chi connectivity index (χ0v) is 15.4. The van der Waals surface area contributed by atoms with Gasteiger partial charge in [0.2, 0.25) is 5.91 Å². The van der Waals surface area contributed by atoms with Gasteiger partial charge in [-0.2, -0.15) is 0 Å². The van der Waals surface area contributed by atoms with Crippen molar-refractivity contribution in [2.75, 3.05) is 5.32 Å². The van der Waals surface area contributed by atoms with Crippen LogP contribution >= 0.6 is 11.3 Å². The summed E-state index contributed by atoms with van der Waals surface area (Å²) in [4.78, 5) is 27.8. The van der Waals surface area contributed by atoms with Gasteiger partial charge in [-0.3, -0.25) is 14.9 Å². The van der Waals surface area contributed by atoms with Crippen LogP contribution in [0.25, 0.3) is 11.3 Å². The highest BCUT2D eigenvalue weighted by molar-refractivity contribution is 7.14. The summed E-state index contributed by atoms with van der Waals surface area (Å²) < 4.78 is 0. The topological polar surface area (TPSA) is 71.1 Å². The fourth-order valence-electron chi connectivity index (χ4n) is 2.48. The summed E-state index contributed by atoms with van der Waals surface area (Å²) >= 11 is 1.39. The second kappa shape index (κ2) is 7.93. The molecule has 0 fully saturated rings. The van der Waals surface area contributed by atoms with Crippen LogP contribution in [0.1, 0.15) is 28.4 Å². The van der Waals surface area contributed by atoms with Crippen LogP contribution in [-0.2, 0) is 11.3 Å². The Hall–Kier alpha value is -2.99. The van der Waals surface area contributed by atoms with Crippen LogP contribution in [0.2, 0.25) is 0 Å². The number of nitrogens with zero attached hydrogens (tertiary/aromatic N) is 1. The van der Waals surface area contributed by atoms with E-state index in [-0.39, 0.29) is 11.8 Å². The normalized spacial score (nSPS) is 10.4. The largest absolute Gasteiger partial charge is 0.352 e. The quantitative estimate of drug-likeness (QED) is 0.718. The van der Waals surface area contributed by atoms with Crippen molar-refractivity contribution in [1.82, 2.24) is 10.3 Å². The number of aromatic nitrogens is 1. The molecule has 0 saturated carbocycles. The van der Waals surface area contributed by atoms with Gasteiger partial charge < -0.3 is 5.32 Å². The fourth-order valence-corrected chi connectivity index (χ4v) is 3.19. The first-order valence-corrected chi connectivity index (χ1v) is 9.07. The Morgan fingerprint density at radius 1 is 1.08 bits per heavy atom. The second-order valence-corrected chi connectivity index (χ2v) is 6.77. The summed E-state index contributed by atoms with van der Waals surface area (Å²) in [6.45, 7) is 3.91. The van der Waals surface area contributed by atoms with Gasteiger partial charge >= 0.3 is 0 Å². The van der Waals surface area contributed by atoms with Gasteiger partial charge in [-0.1, -0.05) is 42.5 Å². The minimum absolute atomic E-state index is 0.0531. The first kappa shape index (κ1) is 17.8. The molecular formula is C20H19N3O2S. The zero-order valence-electron chi connectivity index (χ0n) is 14.6. The average Bonchev–Trinajstić information content (AvgIpc) is 3.09. The lowest BCUT2D eigenvalue weighted by molar-refractivity contribution is -0.119. The van der Waals surface area contributed by atoms with Crippen LogP contribution in [-0.4, -0.2) is 16.8 Å². The molecule has 0 saturated heterocycles. The lowest BCUT2D eigenvalue weighted by Gasteiger charge is -2.05. The summed E-state index contributed by atoms with van der Waals surface area (Å²) in [6.07, 6.45) is 0. The molecular weight excluding hydrogens is 346 g/mol. The summed E-state index contributed by atoms with van der Waals surface area (Å²) in [6, 6.07) is 15.3. The van der Waals surface area contributed by atoms with Crippen LogP contribution in [0.5, 0.6) is 0 Å². The smallest absolute Gasteiger partial charge is 0.257 e. The molecule has 1 aromatic heterocycles. The number of amides is 2. The van der Waals surface area contributed by atoms with Gasteiger partial charge in [0, 0.05) is 30.0 Å². The highest BCUT2D eigenvalue weighted by Gasteiger charge is 2.11. The van der Waals surface area contributed by atoms with E-state index in [1.807, 2.05) is 54.8 Å². The van der Waals surface area contributed by atoms with E-state index < -0.39 is 0 Å². The molecule has 5 nitrogen and oxygen atoms in total. The lowest BCUT2D eigenvalue weighted by Crippen LogP contribution is -2.18. The first-order chi connectivity index (χ1) is 12.5. The minimum atomic E-state index is -0.158. The molecule has 0 bridgehead atoms. The monoisotopic (exact) mass is 365 g/mol. The Morgan fingerprint density at radius 2 is 1.81 bits per heavy atom. The van der Waals surface area contributed by atoms with Crippen LogP contribution in [0, 0.1) is 6.92 Å². The summed E-state index contributed by atoms with van der Waals surface area (Å²) in [5.41, 5.74) is 4.36. The van der Waals surface area contributed by atoms with Gasteiger partial charge in [0.05, 0.1) is 5.69 Å². The van der Waals surface area contributed by atoms with E-state index in [4.69, 9.17) is 0 Å². The number of carbonyl (C=O) groups excluding carboxylic acids is 2. The molecule has 2 aromatic carbocycles. The average molecular weight is 365 g/mol. The Bertz CT molecular complexity index is 932. The minimum Gasteiger partial charge on any atom is -0.352 e. The molecule has 0 unspecified atom stereocenters. The number of nitrogens with one attached hydrogen (secondary N) is 2. The molecule has 0 radical (unpaired) electrons. The van der Waals surface area contributed by atoms with Crippen molar-refractivity contribution in [2.45, 2.75) is 20.4 Å². The Balaban J connectivity index is 1.69. The number of anilines is 1. The maximum absolute atomic E-state index is 12.4. The maximum Gasteiger partial charge on any atom is 0.257 e. The van der Waals surface area contributed by atoms with Crippen LogP contribution < -0.4 is 10.6 Å². The van der Waals surface area contributed by atoms with Crippen molar-refractivity contribution in [3.63, 3.8) is 0 Å². The Kier molecular flexibility index (Phi) is 5.43. The lowest BCUT2D eigenvalue weighted by atomic mass is 10.1. The SMILES string of the molecule is CC(=O)NCc1ccc(-c2csc(NC(=O)c3ccccc3C)n2)cc1. The standard InChI is InChI=1S/C20H19N3O2S/c1-13-5-3-4-6-17(13)19(25)23-20-22-18(12-26-20)16-9-7-15(8-10-16)11-21-14(2)24/h3-10,12H,11H2,1-2H3,(H,21,24)(H,22,23,25). The van der Waals surface area contributed by atoms with E-state index in [0.29, 0.717) is 17.2 Å². The zero-order chi connectivity index (χ0) is 18.5. The van der Waals surface area contributed by atoms with E-state index in [9.17, 15) is 9.59 Å². The van der Waals surface area contributed by atoms with E-state index in [0.717, 1.165) is 22.4 Å². The number of rotatable bonds is 5. The summed E-state index contributed by atoms with van der Waals surface area (Å²) in [5, 5.41) is 8.10. The van der Waals surface area contributed by atoms with Gasteiger partial charge in [0.15, 0.2) is 5.13 Å². The Labute approximate surface area is 156 Å². The van der Waals surface area contributed by atoms with Gasteiger partial charge in [0.1, 0.15) is 0 Å². The summed E-state index contributed by atoms with van der Waals surface area (Å²) in [5.74, 6) is -0.211. The first-order valence-electron chi connectivity index (χ1n) is 8.19. The molecule has 1 heterocycles. The molecule has 0 aliphatic carbocycles. The van der Waals surface area contributed by atoms with Crippen molar-refractivity contribution < 1.29 is 9.59 Å². The van der Waals surface area contributed by atoms with E-state index in [1.165, 1.54) is 18.3 Å². The van der Waals surface area contributed by atoms with Crippen LogP contribution in [0.4, 0.5) is 5.13 Å². The van der Waals surface area contributed by atoms with Crippen LogP contribution in [0.15, 0.2) is 53.9 Å². The van der Waals surface area contributed by atoms with E-state index >= 15 is 0 Å². The predicted octanol–water partition coefficient (Wildman–Crippen LogP) is 4.01. The molecule has 2 N–H and O–H groups in total. The van der Waals surface area contributed by atoms with Crippen molar-refractivity contribution >= 4 is 28.3 Å². The van der Waals surface area contributed by atoms with E-state index in [2.05, 4.69) is 15.6 Å². The molecule has 6 heteroatoms. The number of carbonyl (C=O) groups is 2. The van der Waals surface area contributed by atoms with Crippen molar-refractivity contribution in [3.8, 4) is 11.3 Å². The molecule has 0 spiro atoms. The van der Waals surface area contributed by atoms with Crippen molar-refractivity contribution in [3.05, 3.63) is 70.6 Å². The fraction of sp³-hybridized carbons (Fsp3) is 0.150. The number of thiazole rings is 1. The number of hydrogen-bond donors (Lipinski definition) is 2. The molecule has 0 aliphatic heterocycles. The van der Waals surface area contributed by atoms with Crippen LogP contribution in [0.3, 0.4) is 0 Å². The van der Waals surface area contributed by atoms with Gasteiger partial charge in [-0.15, -0.1) is 11.3 Å². The molecule has 3 aromatic rings. The van der Waals surface area contributed by atoms with Gasteiger partial charge in [0.25, 0.3) is 5.91 Å². The molecule has 26 heavy (non-hydrogen) atoms. The van der Waals surface area contributed by atoms with Crippen molar-refractivity contribution in [2.24, 2.45) is 0 Å². The molecule has 2 amide bonds. The van der Waals surface area contributed by atoms with Gasteiger partial charge in [-0.05, 0) is 24.1 Å². The molecule has 132 valence electrons. The molecule has 0 aliphatic rings. The molecule has 3 rings (SSSR count). The number of hydrogen-bond acceptors (Lipinski definition) is 4. The predicted molar refractivity (Wildman–Crippen MR) is 104 cm³/mol. The Morgan fingerprint density at radius 3 is 2.50 bits per heavy atom. The number of benzene rings is 2. The third-order valence-corrected chi connectivity index (χ3v) is 4.66. The third-order valence-electron chi connectivity index (χ3n) is 3.91. The maximum atomic E-state index is 12.4. The second-order valence-electron chi connectivity index (χ2n) is 5.91. The third kappa shape index (κ3) is 4.34. The number of aryl methyl sites for hydroxylation is 1.